The molecule has 21 heavy (non-hydrogen) atoms. The molecule has 118 valence electrons. The zero-order valence-corrected chi connectivity index (χ0v) is 13.4. The van der Waals surface area contributed by atoms with Crippen molar-refractivity contribution in [2.75, 3.05) is 51.3 Å². The van der Waals surface area contributed by atoms with E-state index in [0.29, 0.717) is 25.5 Å². The van der Waals surface area contributed by atoms with Gasteiger partial charge in [0.25, 0.3) is 0 Å². The average molecular weight is 335 g/mol. The zero-order valence-electron chi connectivity index (χ0n) is 11.8. The molecule has 0 aromatic carbocycles. The summed E-state index contributed by atoms with van der Waals surface area (Å²) in [6.45, 7) is 4.54. The molecule has 1 aliphatic heterocycles. The van der Waals surface area contributed by atoms with Crippen molar-refractivity contribution in [3.63, 3.8) is 0 Å². The second kappa shape index (κ2) is 6.89. The van der Waals surface area contributed by atoms with Gasteiger partial charge in [0, 0.05) is 46.0 Å². The fraction of sp³-hybridized carbons (Fsp3) is 0.583. The third-order valence-corrected chi connectivity index (χ3v) is 4.51. The number of pyridine rings is 1. The number of rotatable bonds is 5. The number of piperazine rings is 1. The van der Waals surface area contributed by atoms with Crippen molar-refractivity contribution in [1.82, 2.24) is 9.88 Å². The average Bonchev–Trinajstić information content (AvgIpc) is 2.45. The minimum absolute atomic E-state index is 0.0275. The first-order valence-corrected chi connectivity index (χ1v) is 8.49. The summed E-state index contributed by atoms with van der Waals surface area (Å²) in [6, 6.07) is 1.34. The number of sulfonamides is 1. The number of ether oxygens (including phenoxy) is 1. The summed E-state index contributed by atoms with van der Waals surface area (Å²) >= 11 is 5.82. The molecule has 0 amide bonds. The number of hydrogen-bond acceptors (Lipinski definition) is 6. The highest BCUT2D eigenvalue weighted by atomic mass is 35.5. The molecule has 9 heteroatoms. The van der Waals surface area contributed by atoms with Gasteiger partial charge < -0.3 is 9.64 Å². The van der Waals surface area contributed by atoms with Gasteiger partial charge in [0.1, 0.15) is 10.7 Å². The van der Waals surface area contributed by atoms with E-state index in [1.165, 1.54) is 12.3 Å². The number of nitrogens with two attached hydrogens (primary N) is 1. The number of methoxy groups -OCH3 is 1. The van der Waals surface area contributed by atoms with E-state index in [-0.39, 0.29) is 9.92 Å². The normalized spacial score (nSPS) is 17.2. The van der Waals surface area contributed by atoms with Gasteiger partial charge in [0.05, 0.1) is 11.6 Å². The molecule has 0 atom stereocenters. The Bertz CT molecular complexity index is 588. The maximum atomic E-state index is 11.7. The van der Waals surface area contributed by atoms with Crippen LogP contribution in [0.15, 0.2) is 17.2 Å². The summed E-state index contributed by atoms with van der Waals surface area (Å²) in [6.07, 6.45) is 1.43. The smallest absolute Gasteiger partial charge is 0.241 e. The number of halogens is 1. The van der Waals surface area contributed by atoms with E-state index in [1.54, 1.807) is 7.11 Å². The molecule has 0 spiro atoms. The number of nitrogens with zero attached hydrogens (tertiary/aromatic N) is 3. The lowest BCUT2D eigenvalue weighted by molar-refractivity contribution is 0.144. The van der Waals surface area contributed by atoms with Crippen LogP contribution >= 0.6 is 11.6 Å². The lowest BCUT2D eigenvalue weighted by Crippen LogP contribution is -2.48. The molecular formula is C12H19ClN4O3S. The van der Waals surface area contributed by atoms with E-state index in [9.17, 15) is 8.42 Å². The van der Waals surface area contributed by atoms with E-state index < -0.39 is 10.0 Å². The Morgan fingerprint density at radius 3 is 2.62 bits per heavy atom. The quantitative estimate of drug-likeness (QED) is 0.824. The molecular weight excluding hydrogens is 316 g/mol. The van der Waals surface area contributed by atoms with E-state index in [2.05, 4.69) is 9.88 Å². The molecule has 7 nitrogen and oxygen atoms in total. The molecule has 0 saturated carbocycles. The largest absolute Gasteiger partial charge is 0.383 e. The lowest BCUT2D eigenvalue weighted by Gasteiger charge is -2.35. The molecule has 2 rings (SSSR count). The van der Waals surface area contributed by atoms with E-state index in [4.69, 9.17) is 21.5 Å². The molecule has 1 fully saturated rings. The Labute approximate surface area is 129 Å². The van der Waals surface area contributed by atoms with E-state index in [1.807, 2.05) is 4.90 Å². The highest BCUT2D eigenvalue weighted by Gasteiger charge is 2.24. The first-order valence-electron chi connectivity index (χ1n) is 6.56. The minimum Gasteiger partial charge on any atom is -0.383 e. The Kier molecular flexibility index (Phi) is 5.39. The predicted molar refractivity (Wildman–Crippen MR) is 81.1 cm³/mol. The van der Waals surface area contributed by atoms with Gasteiger partial charge in [-0.15, -0.1) is 0 Å². The summed E-state index contributed by atoms with van der Waals surface area (Å²) in [5, 5.41) is 5.50. The van der Waals surface area contributed by atoms with Crippen LogP contribution < -0.4 is 10.0 Å². The molecule has 1 saturated heterocycles. The summed E-state index contributed by atoms with van der Waals surface area (Å²) in [4.78, 5) is 8.29. The van der Waals surface area contributed by atoms with Gasteiger partial charge in [-0.05, 0) is 6.07 Å². The standard InChI is InChI=1S/C12H19ClN4O3S/c1-20-7-6-16-2-4-17(5-3-16)12-11(21(14,18)19)8-10(13)9-15-12/h8-9H,2-7H2,1H3,(H2,14,18,19). The molecule has 0 radical (unpaired) electrons. The highest BCUT2D eigenvalue weighted by Crippen LogP contribution is 2.25. The van der Waals surface area contributed by atoms with Crippen LogP contribution in [-0.2, 0) is 14.8 Å². The molecule has 1 aromatic rings. The third-order valence-electron chi connectivity index (χ3n) is 3.39. The number of aromatic nitrogens is 1. The third kappa shape index (κ3) is 4.27. The van der Waals surface area contributed by atoms with Crippen LogP contribution in [0.25, 0.3) is 0 Å². The fourth-order valence-electron chi connectivity index (χ4n) is 2.26. The Balaban J connectivity index is 2.14. The van der Waals surface area contributed by atoms with Gasteiger partial charge in [0.2, 0.25) is 10.0 Å². The van der Waals surface area contributed by atoms with Crippen LogP contribution in [0.3, 0.4) is 0 Å². The number of primary sulfonamides is 1. The van der Waals surface area contributed by atoms with Crippen molar-refractivity contribution in [3.05, 3.63) is 17.3 Å². The van der Waals surface area contributed by atoms with Crippen LogP contribution in [0.1, 0.15) is 0 Å². The predicted octanol–water partition coefficient (Wildman–Crippen LogP) is 0.151. The van der Waals surface area contributed by atoms with Crippen molar-refractivity contribution in [1.29, 1.82) is 0 Å². The second-order valence-electron chi connectivity index (χ2n) is 4.84. The lowest BCUT2D eigenvalue weighted by atomic mass is 10.3. The first kappa shape index (κ1) is 16.4. The van der Waals surface area contributed by atoms with Crippen molar-refractivity contribution in [2.45, 2.75) is 4.90 Å². The van der Waals surface area contributed by atoms with Gasteiger partial charge in [-0.1, -0.05) is 11.6 Å². The van der Waals surface area contributed by atoms with E-state index in [0.717, 1.165) is 19.6 Å². The SMILES string of the molecule is COCCN1CCN(c2ncc(Cl)cc2S(N)(=O)=O)CC1. The number of hydrogen-bond donors (Lipinski definition) is 1. The Hall–Kier alpha value is -0.930. The van der Waals surface area contributed by atoms with Gasteiger partial charge in [-0.3, -0.25) is 4.90 Å². The number of anilines is 1. The summed E-state index contributed by atoms with van der Waals surface area (Å²) in [5.74, 6) is 0.369. The topological polar surface area (TPSA) is 88.8 Å². The van der Waals surface area contributed by atoms with Gasteiger partial charge in [-0.2, -0.15) is 0 Å². The molecule has 2 heterocycles. The first-order chi connectivity index (χ1) is 9.91. The second-order valence-corrected chi connectivity index (χ2v) is 6.81. The van der Waals surface area contributed by atoms with Gasteiger partial charge in [0.15, 0.2) is 0 Å². The minimum atomic E-state index is -3.86. The van der Waals surface area contributed by atoms with Gasteiger partial charge in [-0.25, -0.2) is 18.5 Å². The monoisotopic (exact) mass is 334 g/mol. The van der Waals surface area contributed by atoms with Crippen LogP contribution in [0.4, 0.5) is 5.82 Å². The summed E-state index contributed by atoms with van der Waals surface area (Å²) < 4.78 is 28.4. The molecule has 0 unspecified atom stereocenters. The molecule has 0 bridgehead atoms. The van der Waals surface area contributed by atoms with Crippen molar-refractivity contribution >= 4 is 27.4 Å². The van der Waals surface area contributed by atoms with Crippen LogP contribution in [-0.4, -0.2) is 64.7 Å². The zero-order chi connectivity index (χ0) is 15.5. The van der Waals surface area contributed by atoms with Crippen LogP contribution in [0.5, 0.6) is 0 Å². The van der Waals surface area contributed by atoms with Crippen molar-refractivity contribution in [3.8, 4) is 0 Å². The highest BCUT2D eigenvalue weighted by molar-refractivity contribution is 7.89. The maximum Gasteiger partial charge on any atom is 0.241 e. The Morgan fingerprint density at radius 2 is 2.05 bits per heavy atom. The molecule has 1 aliphatic rings. The Morgan fingerprint density at radius 1 is 1.38 bits per heavy atom. The maximum absolute atomic E-state index is 11.7. The van der Waals surface area contributed by atoms with Crippen molar-refractivity contribution in [2.24, 2.45) is 5.14 Å². The van der Waals surface area contributed by atoms with Crippen LogP contribution in [0.2, 0.25) is 5.02 Å². The summed E-state index contributed by atoms with van der Waals surface area (Å²) in [5.41, 5.74) is 0. The van der Waals surface area contributed by atoms with E-state index >= 15 is 0 Å². The molecule has 0 aliphatic carbocycles. The molecule has 2 N–H and O–H groups in total. The fourth-order valence-corrected chi connectivity index (χ4v) is 3.21. The van der Waals surface area contributed by atoms with Crippen LogP contribution in [0, 0.1) is 0 Å². The summed E-state index contributed by atoms with van der Waals surface area (Å²) in [7, 11) is -2.18. The van der Waals surface area contributed by atoms with Gasteiger partial charge >= 0.3 is 0 Å². The van der Waals surface area contributed by atoms with Crippen molar-refractivity contribution < 1.29 is 13.2 Å². The molecule has 1 aromatic heterocycles.